The molecule has 0 radical (unpaired) electrons. The van der Waals surface area contributed by atoms with Gasteiger partial charge in [-0.15, -0.1) is 0 Å². The first-order valence-corrected chi connectivity index (χ1v) is 5.31. The lowest BCUT2D eigenvalue weighted by molar-refractivity contribution is 0.0896. The Hall–Kier alpha value is -1.36. The van der Waals surface area contributed by atoms with Crippen LogP contribution in [-0.2, 0) is 4.74 Å². The predicted octanol–water partition coefficient (Wildman–Crippen LogP) is 1.56. The summed E-state index contributed by atoms with van der Waals surface area (Å²) >= 11 is 0. The van der Waals surface area contributed by atoms with E-state index < -0.39 is 0 Å². The molecule has 1 aromatic rings. The summed E-state index contributed by atoms with van der Waals surface area (Å²) in [5.41, 5.74) is 0.312. The lowest BCUT2D eigenvalue weighted by atomic mass is 10.1. The van der Waals surface area contributed by atoms with E-state index in [-0.39, 0.29) is 17.9 Å². The number of nitrogens with zero attached hydrogens (tertiary/aromatic N) is 1. The van der Waals surface area contributed by atoms with Crippen molar-refractivity contribution in [2.24, 2.45) is 0 Å². The lowest BCUT2D eigenvalue weighted by Crippen LogP contribution is -2.35. The maximum atomic E-state index is 11.7. The van der Waals surface area contributed by atoms with Crippen molar-refractivity contribution in [1.29, 1.82) is 0 Å². The van der Waals surface area contributed by atoms with Gasteiger partial charge in [0.15, 0.2) is 5.69 Å². The van der Waals surface area contributed by atoms with Gasteiger partial charge in [-0.3, -0.25) is 4.79 Å². The van der Waals surface area contributed by atoms with E-state index in [2.05, 4.69) is 10.5 Å². The van der Waals surface area contributed by atoms with E-state index in [1.165, 1.54) is 0 Å². The van der Waals surface area contributed by atoms with E-state index in [4.69, 9.17) is 9.26 Å². The molecule has 0 unspecified atom stereocenters. The monoisotopic (exact) mass is 226 g/mol. The number of hydrogen-bond acceptors (Lipinski definition) is 4. The van der Waals surface area contributed by atoms with Crippen LogP contribution in [0.3, 0.4) is 0 Å². The summed E-state index contributed by atoms with van der Waals surface area (Å²) in [6.07, 6.45) is 0. The Kier molecular flexibility index (Phi) is 4.49. The highest BCUT2D eigenvalue weighted by atomic mass is 16.5. The number of rotatable bonds is 5. The molecule has 90 valence electrons. The Morgan fingerprint density at radius 2 is 2.25 bits per heavy atom. The minimum atomic E-state index is -0.236. The lowest BCUT2D eigenvalue weighted by Gasteiger charge is -2.10. The Labute approximate surface area is 95.1 Å². The smallest absolute Gasteiger partial charge is 0.273 e. The molecule has 0 saturated carbocycles. The first-order valence-electron chi connectivity index (χ1n) is 5.31. The summed E-state index contributed by atoms with van der Waals surface area (Å²) in [4.78, 5) is 11.7. The van der Waals surface area contributed by atoms with E-state index in [0.29, 0.717) is 18.1 Å². The van der Waals surface area contributed by atoms with Crippen LogP contribution in [0, 0.1) is 0 Å². The highest BCUT2D eigenvalue weighted by Crippen LogP contribution is 2.14. The summed E-state index contributed by atoms with van der Waals surface area (Å²) in [7, 11) is 1.59. The second kappa shape index (κ2) is 5.65. The van der Waals surface area contributed by atoms with E-state index in [9.17, 15) is 4.79 Å². The summed E-state index contributed by atoms with van der Waals surface area (Å²) in [5.74, 6) is 0.704. The van der Waals surface area contributed by atoms with Gasteiger partial charge in [0.1, 0.15) is 5.76 Å². The molecule has 16 heavy (non-hydrogen) atoms. The van der Waals surface area contributed by atoms with Crippen molar-refractivity contribution in [2.45, 2.75) is 32.7 Å². The van der Waals surface area contributed by atoms with E-state index in [1.807, 2.05) is 20.8 Å². The fourth-order valence-electron chi connectivity index (χ4n) is 1.26. The van der Waals surface area contributed by atoms with Gasteiger partial charge in [-0.05, 0) is 6.92 Å². The third-order valence-electron chi connectivity index (χ3n) is 2.12. The molecule has 1 amide bonds. The van der Waals surface area contributed by atoms with Crippen molar-refractivity contribution in [2.75, 3.05) is 13.7 Å². The molecule has 0 aliphatic heterocycles. The van der Waals surface area contributed by atoms with Crippen LogP contribution in [0.5, 0.6) is 0 Å². The van der Waals surface area contributed by atoms with Crippen molar-refractivity contribution >= 4 is 5.91 Å². The Morgan fingerprint density at radius 1 is 1.56 bits per heavy atom. The number of carbonyl (C=O) groups is 1. The van der Waals surface area contributed by atoms with Crippen LogP contribution in [0.4, 0.5) is 0 Å². The summed E-state index contributed by atoms with van der Waals surface area (Å²) in [5, 5.41) is 6.49. The Balaban J connectivity index is 2.59. The van der Waals surface area contributed by atoms with E-state index >= 15 is 0 Å². The van der Waals surface area contributed by atoms with Crippen LogP contribution >= 0.6 is 0 Å². The molecule has 0 fully saturated rings. The van der Waals surface area contributed by atoms with Crippen LogP contribution in [0.15, 0.2) is 10.6 Å². The Morgan fingerprint density at radius 3 is 2.75 bits per heavy atom. The highest BCUT2D eigenvalue weighted by molar-refractivity contribution is 5.92. The van der Waals surface area contributed by atoms with Crippen LogP contribution in [0.25, 0.3) is 0 Å². The fourth-order valence-corrected chi connectivity index (χ4v) is 1.26. The molecule has 1 N–H and O–H groups in total. The number of methoxy groups -OCH3 is 1. The number of hydrogen-bond donors (Lipinski definition) is 1. The van der Waals surface area contributed by atoms with Crippen LogP contribution in [0.2, 0.25) is 0 Å². The van der Waals surface area contributed by atoms with Crippen molar-refractivity contribution in [3.05, 3.63) is 17.5 Å². The highest BCUT2D eigenvalue weighted by Gasteiger charge is 2.15. The van der Waals surface area contributed by atoms with Gasteiger partial charge in [-0.1, -0.05) is 19.0 Å². The number of aromatic nitrogens is 1. The molecule has 0 bridgehead atoms. The van der Waals surface area contributed by atoms with Gasteiger partial charge in [0, 0.05) is 25.1 Å². The number of carbonyl (C=O) groups excluding carboxylic acids is 1. The van der Waals surface area contributed by atoms with Gasteiger partial charge in [-0.2, -0.15) is 0 Å². The minimum Gasteiger partial charge on any atom is -0.383 e. The van der Waals surface area contributed by atoms with Gasteiger partial charge in [0.2, 0.25) is 0 Å². The van der Waals surface area contributed by atoms with Crippen LogP contribution in [-0.4, -0.2) is 30.8 Å². The van der Waals surface area contributed by atoms with E-state index in [1.54, 1.807) is 13.2 Å². The predicted molar refractivity (Wildman–Crippen MR) is 59.4 cm³/mol. The van der Waals surface area contributed by atoms with Gasteiger partial charge >= 0.3 is 0 Å². The molecule has 0 spiro atoms. The fraction of sp³-hybridized carbons (Fsp3) is 0.636. The third-order valence-corrected chi connectivity index (χ3v) is 2.12. The number of amides is 1. The Bertz CT molecular complexity index is 347. The average molecular weight is 226 g/mol. The summed E-state index contributed by atoms with van der Waals surface area (Å²) in [6.45, 7) is 6.30. The first kappa shape index (κ1) is 12.7. The van der Waals surface area contributed by atoms with Gasteiger partial charge in [-0.25, -0.2) is 0 Å². The van der Waals surface area contributed by atoms with Gasteiger partial charge in [0.25, 0.3) is 5.91 Å². The summed E-state index contributed by atoms with van der Waals surface area (Å²) in [6, 6.07) is 1.62. The van der Waals surface area contributed by atoms with Crippen LogP contribution < -0.4 is 5.32 Å². The normalized spacial score (nSPS) is 12.8. The SMILES string of the molecule is COC[C@H](C)NC(=O)c1cc(C(C)C)on1. The maximum Gasteiger partial charge on any atom is 0.273 e. The van der Waals surface area contributed by atoms with E-state index in [0.717, 1.165) is 0 Å². The number of nitrogens with one attached hydrogen (secondary N) is 1. The largest absolute Gasteiger partial charge is 0.383 e. The van der Waals surface area contributed by atoms with Crippen molar-refractivity contribution in [1.82, 2.24) is 10.5 Å². The minimum absolute atomic E-state index is 0.0447. The second-order valence-electron chi connectivity index (χ2n) is 4.10. The molecule has 0 saturated heterocycles. The molecule has 1 heterocycles. The van der Waals surface area contributed by atoms with Crippen molar-refractivity contribution in [3.8, 4) is 0 Å². The maximum absolute atomic E-state index is 11.7. The van der Waals surface area contributed by atoms with Gasteiger partial charge in [0.05, 0.1) is 6.61 Å². The number of ether oxygens (including phenoxy) is 1. The zero-order valence-corrected chi connectivity index (χ0v) is 10.1. The zero-order valence-electron chi connectivity index (χ0n) is 10.1. The molecule has 0 aliphatic carbocycles. The van der Waals surface area contributed by atoms with Gasteiger partial charge < -0.3 is 14.6 Å². The standard InChI is InChI=1S/C11H18N2O3/c1-7(2)10-5-9(13-16-10)11(14)12-8(3)6-15-4/h5,7-8H,6H2,1-4H3,(H,12,14)/t8-/m0/s1. The molecular weight excluding hydrogens is 208 g/mol. The third kappa shape index (κ3) is 3.34. The summed E-state index contributed by atoms with van der Waals surface area (Å²) < 4.78 is 9.97. The topological polar surface area (TPSA) is 64.4 Å². The molecule has 1 atom stereocenters. The quantitative estimate of drug-likeness (QED) is 0.827. The van der Waals surface area contributed by atoms with Crippen molar-refractivity contribution in [3.63, 3.8) is 0 Å². The molecular formula is C11H18N2O3. The average Bonchev–Trinajstić information content (AvgIpc) is 2.66. The molecule has 1 aromatic heterocycles. The molecule has 5 nitrogen and oxygen atoms in total. The molecule has 5 heteroatoms. The van der Waals surface area contributed by atoms with Crippen LogP contribution in [0.1, 0.15) is 42.9 Å². The molecule has 1 rings (SSSR count). The zero-order chi connectivity index (χ0) is 12.1. The first-order chi connectivity index (χ1) is 7.54. The molecule has 0 aromatic carbocycles. The molecule has 0 aliphatic rings. The van der Waals surface area contributed by atoms with Crippen molar-refractivity contribution < 1.29 is 14.1 Å². The second-order valence-corrected chi connectivity index (χ2v) is 4.10.